The maximum Gasteiger partial charge on any atom is 0.372 e. The van der Waals surface area contributed by atoms with Gasteiger partial charge in [-0.3, -0.25) is 4.79 Å². The first-order valence-electron chi connectivity index (χ1n) is 10.8. The van der Waals surface area contributed by atoms with E-state index in [1.165, 1.54) is 37.7 Å². The average Bonchev–Trinajstić information content (AvgIpc) is 3.24. The van der Waals surface area contributed by atoms with Crippen molar-refractivity contribution < 1.29 is 19.8 Å². The first-order valence-corrected chi connectivity index (χ1v) is 10.8. The molecule has 150 valence electrons. The Morgan fingerprint density at radius 1 is 1.11 bits per heavy atom. The number of carboxylic acids is 1. The Balaban J connectivity index is 1.52. The normalized spacial score (nSPS) is 32.7. The number of allylic oxidation sites excluding steroid dienone is 3. The van der Waals surface area contributed by atoms with Crippen LogP contribution in [-0.4, -0.2) is 28.1 Å². The summed E-state index contributed by atoms with van der Waals surface area (Å²) in [4.78, 5) is 22.3. The molecule has 3 aliphatic carbocycles. The monoisotopic (exact) mass is 374 g/mol. The molecule has 4 heteroatoms. The van der Waals surface area contributed by atoms with Gasteiger partial charge >= 0.3 is 5.97 Å². The Morgan fingerprint density at radius 3 is 2.56 bits per heavy atom. The van der Waals surface area contributed by atoms with Gasteiger partial charge in [0.2, 0.25) is 5.78 Å². The van der Waals surface area contributed by atoms with Crippen LogP contribution in [0.5, 0.6) is 0 Å². The minimum atomic E-state index is -1.33. The molecule has 0 aliphatic heterocycles. The molecule has 0 radical (unpaired) electrons. The predicted molar refractivity (Wildman–Crippen MR) is 105 cm³/mol. The summed E-state index contributed by atoms with van der Waals surface area (Å²) < 4.78 is 0. The number of aliphatic hydroxyl groups is 1. The van der Waals surface area contributed by atoms with Gasteiger partial charge in [0.15, 0.2) is 0 Å². The molecular weight excluding hydrogens is 340 g/mol. The Labute approximate surface area is 162 Å². The molecule has 0 bridgehead atoms. The summed E-state index contributed by atoms with van der Waals surface area (Å²) >= 11 is 0. The van der Waals surface area contributed by atoms with E-state index in [9.17, 15) is 14.7 Å². The first-order chi connectivity index (χ1) is 13.0. The number of aliphatic hydroxyl groups excluding tert-OH is 1. The number of hydrogen-bond donors (Lipinski definition) is 2. The highest BCUT2D eigenvalue weighted by Gasteiger charge is 2.40. The maximum atomic E-state index is 11.5. The van der Waals surface area contributed by atoms with Crippen LogP contribution < -0.4 is 0 Å². The van der Waals surface area contributed by atoms with Crippen LogP contribution in [0.1, 0.15) is 71.1 Å². The van der Waals surface area contributed by atoms with Crippen molar-refractivity contribution in [2.75, 3.05) is 0 Å². The highest BCUT2D eigenvalue weighted by Crippen LogP contribution is 2.50. The van der Waals surface area contributed by atoms with Crippen LogP contribution in [0.3, 0.4) is 0 Å². The van der Waals surface area contributed by atoms with Gasteiger partial charge in [-0.1, -0.05) is 50.0 Å². The zero-order valence-electron chi connectivity index (χ0n) is 16.5. The standard InChI is InChI=1S/C23H34O4/c1-15(22(25)23(26)27)7-8-16-13-19-10-9-17(20(19)14-16)11-12-21(24)18-5-3-2-4-6-18/h8,11-12,15,17-21,24H,2-7,9-10,13-14H2,1H3,(H,26,27)/b12-11+,16-8+/t15?,17-,19+,20-,21+/m1/s1. The zero-order valence-corrected chi connectivity index (χ0v) is 16.5. The topological polar surface area (TPSA) is 74.6 Å². The summed E-state index contributed by atoms with van der Waals surface area (Å²) in [6.45, 7) is 1.70. The average molecular weight is 375 g/mol. The quantitative estimate of drug-likeness (QED) is 0.507. The third kappa shape index (κ3) is 5.10. The summed E-state index contributed by atoms with van der Waals surface area (Å²) in [6, 6.07) is 0. The predicted octanol–water partition coefficient (Wildman–Crippen LogP) is 4.53. The molecule has 0 aromatic rings. The minimum Gasteiger partial charge on any atom is -0.475 e. The van der Waals surface area contributed by atoms with Gasteiger partial charge in [0.25, 0.3) is 0 Å². The van der Waals surface area contributed by atoms with Crippen molar-refractivity contribution >= 4 is 11.8 Å². The van der Waals surface area contributed by atoms with Crippen LogP contribution in [0.25, 0.3) is 0 Å². The van der Waals surface area contributed by atoms with Crippen LogP contribution in [0, 0.1) is 29.6 Å². The molecule has 5 atom stereocenters. The van der Waals surface area contributed by atoms with Gasteiger partial charge in [-0.25, -0.2) is 4.79 Å². The molecule has 3 fully saturated rings. The molecule has 3 rings (SSSR count). The summed E-state index contributed by atoms with van der Waals surface area (Å²) in [5, 5.41) is 19.3. The van der Waals surface area contributed by atoms with Crippen molar-refractivity contribution in [2.45, 2.75) is 77.2 Å². The van der Waals surface area contributed by atoms with Crippen LogP contribution in [-0.2, 0) is 9.59 Å². The SMILES string of the molecule is CC(C/C=C1\C[C@@H]2CC[C@H](/C=C/[C@H](O)C3CCCCC3)[C@H]2C1)C(=O)C(=O)O. The molecule has 4 nitrogen and oxygen atoms in total. The number of aliphatic carboxylic acids is 1. The van der Waals surface area contributed by atoms with Crippen LogP contribution in [0.2, 0.25) is 0 Å². The molecule has 2 N–H and O–H groups in total. The van der Waals surface area contributed by atoms with E-state index in [0.29, 0.717) is 30.1 Å². The van der Waals surface area contributed by atoms with E-state index in [0.717, 1.165) is 25.7 Å². The number of carbonyl (C=O) groups excluding carboxylic acids is 1. The van der Waals surface area contributed by atoms with Gasteiger partial charge in [0, 0.05) is 5.92 Å². The third-order valence-electron chi connectivity index (χ3n) is 7.16. The number of carboxylic acid groups (broad SMARTS) is 1. The van der Waals surface area contributed by atoms with Crippen LogP contribution in [0.4, 0.5) is 0 Å². The van der Waals surface area contributed by atoms with Crippen molar-refractivity contribution in [1.29, 1.82) is 0 Å². The van der Waals surface area contributed by atoms with E-state index in [2.05, 4.69) is 18.2 Å². The van der Waals surface area contributed by atoms with Crippen molar-refractivity contribution in [3.63, 3.8) is 0 Å². The summed E-state index contributed by atoms with van der Waals surface area (Å²) in [6.07, 6.45) is 17.4. The summed E-state index contributed by atoms with van der Waals surface area (Å²) in [5.41, 5.74) is 1.39. The highest BCUT2D eigenvalue weighted by molar-refractivity contribution is 6.33. The van der Waals surface area contributed by atoms with E-state index in [4.69, 9.17) is 5.11 Å². The van der Waals surface area contributed by atoms with Crippen molar-refractivity contribution in [2.24, 2.45) is 29.6 Å². The summed E-state index contributed by atoms with van der Waals surface area (Å²) in [7, 11) is 0. The van der Waals surface area contributed by atoms with Gasteiger partial charge in [-0.2, -0.15) is 0 Å². The summed E-state index contributed by atoms with van der Waals surface area (Å²) in [5.74, 6) is -0.110. The lowest BCUT2D eigenvalue weighted by Crippen LogP contribution is -2.21. The molecule has 3 saturated carbocycles. The highest BCUT2D eigenvalue weighted by atomic mass is 16.4. The smallest absolute Gasteiger partial charge is 0.372 e. The molecule has 0 amide bonds. The number of Topliss-reactive ketones (excluding diaryl/α,β-unsaturated/α-hetero) is 1. The lowest BCUT2D eigenvalue weighted by molar-refractivity contribution is -0.150. The number of fused-ring (bicyclic) bond motifs is 1. The molecule has 27 heavy (non-hydrogen) atoms. The van der Waals surface area contributed by atoms with Gasteiger partial charge in [0.05, 0.1) is 6.10 Å². The maximum absolute atomic E-state index is 11.5. The van der Waals surface area contributed by atoms with Gasteiger partial charge < -0.3 is 10.2 Å². The van der Waals surface area contributed by atoms with E-state index in [-0.39, 0.29) is 6.10 Å². The lowest BCUT2D eigenvalue weighted by atomic mass is 9.84. The molecule has 0 heterocycles. The Hall–Kier alpha value is -1.42. The molecule has 0 spiro atoms. The zero-order chi connectivity index (χ0) is 19.4. The number of rotatable bonds is 7. The molecule has 0 saturated heterocycles. The Kier molecular flexibility index (Phi) is 6.91. The largest absolute Gasteiger partial charge is 0.475 e. The number of carbonyl (C=O) groups is 2. The second kappa shape index (κ2) is 9.18. The minimum absolute atomic E-state index is 0.288. The number of ketones is 1. The molecule has 0 aromatic heterocycles. The molecule has 0 aromatic carbocycles. The lowest BCUT2D eigenvalue weighted by Gasteiger charge is -2.25. The fourth-order valence-corrected chi connectivity index (χ4v) is 5.43. The molecular formula is C23H34O4. The second-order valence-electron chi connectivity index (χ2n) is 9.02. The fraction of sp³-hybridized carbons (Fsp3) is 0.739. The fourth-order valence-electron chi connectivity index (χ4n) is 5.43. The van der Waals surface area contributed by atoms with Gasteiger partial charge in [-0.05, 0) is 68.6 Å². The van der Waals surface area contributed by atoms with E-state index < -0.39 is 17.7 Å². The Bertz CT molecular complexity index is 599. The van der Waals surface area contributed by atoms with Crippen LogP contribution in [0.15, 0.2) is 23.8 Å². The molecule has 1 unspecified atom stereocenters. The molecule has 3 aliphatic rings. The van der Waals surface area contributed by atoms with E-state index in [1.807, 2.05) is 0 Å². The van der Waals surface area contributed by atoms with Crippen molar-refractivity contribution in [3.05, 3.63) is 23.8 Å². The Morgan fingerprint density at radius 2 is 1.85 bits per heavy atom. The van der Waals surface area contributed by atoms with Crippen LogP contribution >= 0.6 is 0 Å². The number of hydrogen-bond acceptors (Lipinski definition) is 3. The van der Waals surface area contributed by atoms with Crippen molar-refractivity contribution in [1.82, 2.24) is 0 Å². The van der Waals surface area contributed by atoms with Crippen molar-refractivity contribution in [3.8, 4) is 0 Å². The van der Waals surface area contributed by atoms with E-state index >= 15 is 0 Å². The van der Waals surface area contributed by atoms with Gasteiger partial charge in [0.1, 0.15) is 0 Å². The second-order valence-corrected chi connectivity index (χ2v) is 9.02. The third-order valence-corrected chi connectivity index (χ3v) is 7.16. The van der Waals surface area contributed by atoms with E-state index in [1.54, 1.807) is 6.92 Å². The first kappa shape index (κ1) is 20.3. The van der Waals surface area contributed by atoms with Gasteiger partial charge in [-0.15, -0.1) is 0 Å².